The molecule has 0 fully saturated rings. The molecule has 0 radical (unpaired) electrons. The zero-order chi connectivity index (χ0) is 21.9. The zero-order valence-electron chi connectivity index (χ0n) is 20.9. The second-order valence-corrected chi connectivity index (χ2v) is 9.53. The van der Waals surface area contributed by atoms with E-state index in [0.717, 1.165) is 13.1 Å². The van der Waals surface area contributed by atoms with Gasteiger partial charge < -0.3 is 9.80 Å². The molecule has 2 nitrogen and oxygen atoms in total. The molecule has 0 aliphatic rings. The normalized spacial score (nSPS) is 11.7. The maximum atomic E-state index is 2.48. The predicted octanol–water partition coefficient (Wildman–Crippen LogP) is 8.05. The maximum absolute atomic E-state index is 2.48. The molecule has 1 aromatic carbocycles. The Morgan fingerprint density at radius 3 is 1.10 bits per heavy atom. The van der Waals surface area contributed by atoms with Crippen molar-refractivity contribution in [2.24, 2.45) is 0 Å². The standard InChI is InChI=1S/C28H52N2/c1-5-7-9-11-13-15-17-23-29(3)25-27-19-21-28(22-20-27)26-30(4)24-18-16-14-12-10-8-6-2/h19-22H,5-18,23-26H2,1-4H3. The Morgan fingerprint density at radius 1 is 0.467 bits per heavy atom. The second kappa shape index (κ2) is 18.9. The van der Waals surface area contributed by atoms with Crippen LogP contribution in [0.1, 0.15) is 115 Å². The van der Waals surface area contributed by atoms with Crippen molar-refractivity contribution in [1.29, 1.82) is 0 Å². The van der Waals surface area contributed by atoms with E-state index >= 15 is 0 Å². The molecule has 0 aliphatic carbocycles. The SMILES string of the molecule is CCCCCCCCCN(C)Cc1ccc(CN(C)CCCCCCCCC)cc1. The lowest BCUT2D eigenvalue weighted by atomic mass is 10.1. The van der Waals surface area contributed by atoms with Crippen molar-refractivity contribution in [3.8, 4) is 0 Å². The first-order valence-electron chi connectivity index (χ1n) is 13.1. The highest BCUT2D eigenvalue weighted by atomic mass is 15.1. The molecule has 174 valence electrons. The molecule has 30 heavy (non-hydrogen) atoms. The molecule has 0 N–H and O–H groups in total. The topological polar surface area (TPSA) is 6.48 Å². The van der Waals surface area contributed by atoms with Crippen molar-refractivity contribution in [3.05, 3.63) is 35.4 Å². The van der Waals surface area contributed by atoms with Gasteiger partial charge in [-0.2, -0.15) is 0 Å². The summed E-state index contributed by atoms with van der Waals surface area (Å²) >= 11 is 0. The second-order valence-electron chi connectivity index (χ2n) is 9.53. The highest BCUT2D eigenvalue weighted by Gasteiger charge is 2.03. The van der Waals surface area contributed by atoms with Gasteiger partial charge in [-0.3, -0.25) is 0 Å². The predicted molar refractivity (Wildman–Crippen MR) is 135 cm³/mol. The molecule has 0 unspecified atom stereocenters. The van der Waals surface area contributed by atoms with Crippen LogP contribution in [0.4, 0.5) is 0 Å². The van der Waals surface area contributed by atoms with E-state index in [1.54, 1.807) is 0 Å². The summed E-state index contributed by atoms with van der Waals surface area (Å²) in [6, 6.07) is 9.33. The average Bonchev–Trinajstić information content (AvgIpc) is 2.74. The molecule has 0 amide bonds. The summed E-state index contributed by atoms with van der Waals surface area (Å²) in [5, 5.41) is 0. The van der Waals surface area contributed by atoms with E-state index in [2.05, 4.69) is 62.0 Å². The van der Waals surface area contributed by atoms with Crippen molar-refractivity contribution < 1.29 is 0 Å². The van der Waals surface area contributed by atoms with Gasteiger partial charge in [0.2, 0.25) is 0 Å². The van der Waals surface area contributed by atoms with Crippen LogP contribution in [0.5, 0.6) is 0 Å². The zero-order valence-corrected chi connectivity index (χ0v) is 20.9. The van der Waals surface area contributed by atoms with Crippen molar-refractivity contribution in [3.63, 3.8) is 0 Å². The number of unbranched alkanes of at least 4 members (excludes halogenated alkanes) is 12. The monoisotopic (exact) mass is 416 g/mol. The van der Waals surface area contributed by atoms with Crippen LogP contribution in [-0.2, 0) is 13.1 Å². The molecule has 0 bridgehead atoms. The van der Waals surface area contributed by atoms with Gasteiger partial charge in [0.15, 0.2) is 0 Å². The van der Waals surface area contributed by atoms with Gasteiger partial charge in [0.05, 0.1) is 0 Å². The minimum Gasteiger partial charge on any atom is -0.302 e. The van der Waals surface area contributed by atoms with Crippen LogP contribution in [0.3, 0.4) is 0 Å². The van der Waals surface area contributed by atoms with E-state index in [0.29, 0.717) is 0 Å². The molecule has 0 spiro atoms. The summed E-state index contributed by atoms with van der Waals surface area (Å²) in [4.78, 5) is 4.96. The van der Waals surface area contributed by atoms with E-state index in [1.165, 1.54) is 114 Å². The van der Waals surface area contributed by atoms with Crippen LogP contribution < -0.4 is 0 Å². The van der Waals surface area contributed by atoms with Gasteiger partial charge in [0.25, 0.3) is 0 Å². The summed E-state index contributed by atoms with van der Waals surface area (Å²) in [5.74, 6) is 0. The number of rotatable bonds is 20. The van der Waals surface area contributed by atoms with Crippen molar-refractivity contribution in [2.45, 2.75) is 117 Å². The lowest BCUT2D eigenvalue weighted by Gasteiger charge is -2.18. The lowest BCUT2D eigenvalue weighted by molar-refractivity contribution is 0.314. The molecule has 0 aliphatic heterocycles. The van der Waals surface area contributed by atoms with Crippen LogP contribution in [0.15, 0.2) is 24.3 Å². The van der Waals surface area contributed by atoms with Gasteiger partial charge in [-0.1, -0.05) is 115 Å². The summed E-state index contributed by atoms with van der Waals surface area (Å²) < 4.78 is 0. The third kappa shape index (κ3) is 15.0. The lowest BCUT2D eigenvalue weighted by Crippen LogP contribution is -2.20. The van der Waals surface area contributed by atoms with Gasteiger partial charge in [-0.15, -0.1) is 0 Å². The van der Waals surface area contributed by atoms with Crippen molar-refractivity contribution >= 4 is 0 Å². The fourth-order valence-corrected chi connectivity index (χ4v) is 4.21. The Labute approximate surface area is 189 Å². The third-order valence-electron chi connectivity index (χ3n) is 6.21. The van der Waals surface area contributed by atoms with E-state index in [4.69, 9.17) is 0 Å². The van der Waals surface area contributed by atoms with Crippen LogP contribution in [0, 0.1) is 0 Å². The molecule has 0 aromatic heterocycles. The van der Waals surface area contributed by atoms with Gasteiger partial charge in [0, 0.05) is 13.1 Å². The van der Waals surface area contributed by atoms with E-state index < -0.39 is 0 Å². The van der Waals surface area contributed by atoms with Gasteiger partial charge >= 0.3 is 0 Å². The van der Waals surface area contributed by atoms with Crippen LogP contribution in [-0.4, -0.2) is 37.0 Å². The van der Waals surface area contributed by atoms with E-state index in [9.17, 15) is 0 Å². The summed E-state index contributed by atoms with van der Waals surface area (Å²) in [5.41, 5.74) is 2.89. The van der Waals surface area contributed by atoms with Gasteiger partial charge in [-0.25, -0.2) is 0 Å². The first-order valence-corrected chi connectivity index (χ1v) is 13.1. The van der Waals surface area contributed by atoms with E-state index in [1.807, 2.05) is 0 Å². The molecule has 0 atom stereocenters. The van der Waals surface area contributed by atoms with Crippen LogP contribution >= 0.6 is 0 Å². The Hall–Kier alpha value is -0.860. The Morgan fingerprint density at radius 2 is 0.767 bits per heavy atom. The molecular weight excluding hydrogens is 364 g/mol. The molecule has 0 saturated carbocycles. The van der Waals surface area contributed by atoms with Crippen LogP contribution in [0.2, 0.25) is 0 Å². The number of hydrogen-bond donors (Lipinski definition) is 0. The fourth-order valence-electron chi connectivity index (χ4n) is 4.21. The van der Waals surface area contributed by atoms with Crippen molar-refractivity contribution in [2.75, 3.05) is 27.2 Å². The van der Waals surface area contributed by atoms with Crippen LogP contribution in [0.25, 0.3) is 0 Å². The number of benzene rings is 1. The molecule has 1 rings (SSSR count). The largest absolute Gasteiger partial charge is 0.302 e. The first kappa shape index (κ1) is 27.2. The molecular formula is C28H52N2. The average molecular weight is 417 g/mol. The smallest absolute Gasteiger partial charge is 0.0230 e. The Balaban J connectivity index is 2.12. The molecule has 1 aromatic rings. The summed E-state index contributed by atoms with van der Waals surface area (Å²) in [6.07, 6.45) is 19.5. The molecule has 2 heteroatoms. The molecule has 0 heterocycles. The Bertz CT molecular complexity index is 437. The number of hydrogen-bond acceptors (Lipinski definition) is 2. The first-order chi connectivity index (χ1) is 14.7. The maximum Gasteiger partial charge on any atom is 0.0230 e. The number of nitrogens with zero attached hydrogens (tertiary/aromatic N) is 2. The highest BCUT2D eigenvalue weighted by Crippen LogP contribution is 2.12. The van der Waals surface area contributed by atoms with Gasteiger partial charge in [0.1, 0.15) is 0 Å². The minimum atomic E-state index is 1.07. The van der Waals surface area contributed by atoms with Crippen molar-refractivity contribution in [1.82, 2.24) is 9.80 Å². The molecule has 0 saturated heterocycles. The van der Waals surface area contributed by atoms with Gasteiger partial charge in [-0.05, 0) is 51.2 Å². The summed E-state index contributed by atoms with van der Waals surface area (Å²) in [7, 11) is 4.53. The third-order valence-corrected chi connectivity index (χ3v) is 6.21. The Kier molecular flexibility index (Phi) is 17.1. The minimum absolute atomic E-state index is 1.07. The highest BCUT2D eigenvalue weighted by molar-refractivity contribution is 5.22. The van der Waals surface area contributed by atoms with E-state index in [-0.39, 0.29) is 0 Å². The quantitative estimate of drug-likeness (QED) is 0.198. The summed E-state index contributed by atoms with van der Waals surface area (Å²) in [6.45, 7) is 9.16. The fraction of sp³-hybridized carbons (Fsp3) is 0.786.